The molecule has 0 aromatic heterocycles. The molecule has 2 rings (SSSR count). The lowest BCUT2D eigenvalue weighted by atomic mass is 10.1. The molecule has 0 amide bonds. The Morgan fingerprint density at radius 3 is 2.84 bits per heavy atom. The summed E-state index contributed by atoms with van der Waals surface area (Å²) in [6.45, 7) is 6.27. The summed E-state index contributed by atoms with van der Waals surface area (Å²) < 4.78 is 5.93. The Balaban J connectivity index is 1.64. The van der Waals surface area contributed by atoms with E-state index in [1.54, 1.807) is 0 Å². The van der Waals surface area contributed by atoms with Gasteiger partial charge >= 0.3 is 0 Å². The number of ether oxygens (including phenoxy) is 1. The molecule has 3 heteroatoms. The van der Waals surface area contributed by atoms with Crippen LogP contribution in [0.5, 0.6) is 0 Å². The van der Waals surface area contributed by atoms with E-state index >= 15 is 0 Å². The second-order valence-corrected chi connectivity index (χ2v) is 5.43. The highest BCUT2D eigenvalue weighted by atomic mass is 16.5. The van der Waals surface area contributed by atoms with E-state index < -0.39 is 0 Å². The largest absolute Gasteiger partial charge is 0.378 e. The highest BCUT2D eigenvalue weighted by Crippen LogP contribution is 2.14. The smallest absolute Gasteiger partial charge is 0.0599 e. The first-order valence-corrected chi connectivity index (χ1v) is 7.36. The summed E-state index contributed by atoms with van der Waals surface area (Å²) in [6.07, 6.45) is 3.89. The Labute approximate surface area is 116 Å². The van der Waals surface area contributed by atoms with E-state index in [9.17, 15) is 0 Å². The van der Waals surface area contributed by atoms with Crippen molar-refractivity contribution in [2.45, 2.75) is 32.3 Å². The van der Waals surface area contributed by atoms with Crippen molar-refractivity contribution in [1.82, 2.24) is 5.32 Å². The third-order valence-electron chi connectivity index (χ3n) is 3.72. The molecule has 0 spiro atoms. The number of hydrogen-bond donors (Lipinski definition) is 1. The highest BCUT2D eigenvalue weighted by molar-refractivity contribution is 5.47. The summed E-state index contributed by atoms with van der Waals surface area (Å²) in [4.78, 5) is 2.30. The molecule has 1 aliphatic rings. The summed E-state index contributed by atoms with van der Waals surface area (Å²) in [7, 11) is 2.15. The van der Waals surface area contributed by atoms with Gasteiger partial charge in [-0.3, -0.25) is 0 Å². The van der Waals surface area contributed by atoms with Crippen LogP contribution in [0.25, 0.3) is 0 Å². The molecule has 0 unspecified atom stereocenters. The Hall–Kier alpha value is -1.06. The molecule has 0 atom stereocenters. The van der Waals surface area contributed by atoms with Crippen LogP contribution in [0, 0.1) is 6.92 Å². The predicted octanol–water partition coefficient (Wildman–Crippen LogP) is 2.59. The minimum Gasteiger partial charge on any atom is -0.378 e. The van der Waals surface area contributed by atoms with Gasteiger partial charge in [-0.25, -0.2) is 0 Å². The minimum absolute atomic E-state index is 0.477. The lowest BCUT2D eigenvalue weighted by molar-refractivity contribution is 0.0324. The van der Waals surface area contributed by atoms with Crippen LogP contribution in [0.2, 0.25) is 0 Å². The predicted molar refractivity (Wildman–Crippen MR) is 80.9 cm³/mol. The average Bonchev–Trinajstić information content (AvgIpc) is 2.44. The quantitative estimate of drug-likeness (QED) is 0.798. The van der Waals surface area contributed by atoms with E-state index in [-0.39, 0.29) is 0 Å². The van der Waals surface area contributed by atoms with E-state index in [0.29, 0.717) is 6.10 Å². The van der Waals surface area contributed by atoms with Crippen molar-refractivity contribution in [2.75, 3.05) is 38.2 Å². The van der Waals surface area contributed by atoms with Gasteiger partial charge in [0.05, 0.1) is 6.10 Å². The maximum Gasteiger partial charge on any atom is 0.0599 e. The molecule has 0 radical (unpaired) electrons. The standard InChI is InChI=1S/C16H26N2O/c1-14-5-3-6-15(13-14)18(2)11-4-12-19-16-7-9-17-10-8-16/h3,5-6,13,16-17H,4,7-12H2,1-2H3. The van der Waals surface area contributed by atoms with Crippen LogP contribution >= 0.6 is 0 Å². The Morgan fingerprint density at radius 1 is 1.32 bits per heavy atom. The summed E-state index contributed by atoms with van der Waals surface area (Å²) in [5.74, 6) is 0. The third kappa shape index (κ3) is 4.84. The zero-order valence-corrected chi connectivity index (χ0v) is 12.2. The molecule has 1 aromatic rings. The number of benzene rings is 1. The number of rotatable bonds is 6. The Bertz CT molecular complexity index is 375. The molecular formula is C16H26N2O. The van der Waals surface area contributed by atoms with Crippen molar-refractivity contribution in [3.05, 3.63) is 29.8 Å². The highest BCUT2D eigenvalue weighted by Gasteiger charge is 2.12. The molecule has 0 bridgehead atoms. The molecule has 3 nitrogen and oxygen atoms in total. The van der Waals surface area contributed by atoms with E-state index in [4.69, 9.17) is 4.74 Å². The van der Waals surface area contributed by atoms with Crippen molar-refractivity contribution >= 4 is 5.69 Å². The molecule has 1 N–H and O–H groups in total. The first kappa shape index (κ1) is 14.4. The van der Waals surface area contributed by atoms with Crippen LogP contribution in [0.3, 0.4) is 0 Å². The van der Waals surface area contributed by atoms with E-state index in [0.717, 1.165) is 45.5 Å². The van der Waals surface area contributed by atoms with E-state index in [1.807, 2.05) is 0 Å². The van der Waals surface area contributed by atoms with Gasteiger partial charge in [0.25, 0.3) is 0 Å². The molecule has 1 aliphatic heterocycles. The third-order valence-corrected chi connectivity index (χ3v) is 3.72. The maximum absolute atomic E-state index is 5.93. The average molecular weight is 262 g/mol. The van der Waals surface area contributed by atoms with Crippen molar-refractivity contribution in [3.8, 4) is 0 Å². The van der Waals surface area contributed by atoms with Gasteiger partial charge in [0.15, 0.2) is 0 Å². The van der Waals surface area contributed by atoms with Crippen LogP contribution < -0.4 is 10.2 Å². The van der Waals surface area contributed by atoms with Crippen molar-refractivity contribution < 1.29 is 4.74 Å². The monoisotopic (exact) mass is 262 g/mol. The van der Waals surface area contributed by atoms with Gasteiger partial charge in [0.2, 0.25) is 0 Å². The van der Waals surface area contributed by atoms with E-state index in [2.05, 4.69) is 48.5 Å². The number of nitrogens with zero attached hydrogens (tertiary/aromatic N) is 1. The van der Waals surface area contributed by atoms with Gasteiger partial charge in [-0.1, -0.05) is 12.1 Å². The maximum atomic E-state index is 5.93. The van der Waals surface area contributed by atoms with Crippen molar-refractivity contribution in [3.63, 3.8) is 0 Å². The zero-order chi connectivity index (χ0) is 13.5. The molecular weight excluding hydrogens is 236 g/mol. The molecule has 1 fully saturated rings. The number of hydrogen-bond acceptors (Lipinski definition) is 3. The molecule has 0 saturated carbocycles. The van der Waals surface area contributed by atoms with Crippen molar-refractivity contribution in [1.29, 1.82) is 0 Å². The topological polar surface area (TPSA) is 24.5 Å². The fraction of sp³-hybridized carbons (Fsp3) is 0.625. The molecule has 1 saturated heterocycles. The number of nitrogens with one attached hydrogen (secondary N) is 1. The lowest BCUT2D eigenvalue weighted by Gasteiger charge is -2.24. The number of aryl methyl sites for hydroxylation is 1. The molecule has 0 aliphatic carbocycles. The molecule has 106 valence electrons. The van der Waals surface area contributed by atoms with Gasteiger partial charge in [-0.2, -0.15) is 0 Å². The zero-order valence-electron chi connectivity index (χ0n) is 12.2. The van der Waals surface area contributed by atoms with Gasteiger partial charge in [0.1, 0.15) is 0 Å². The second kappa shape index (κ2) is 7.51. The van der Waals surface area contributed by atoms with Gasteiger partial charge in [-0.05, 0) is 57.0 Å². The van der Waals surface area contributed by atoms with Crippen LogP contribution in [0.1, 0.15) is 24.8 Å². The Morgan fingerprint density at radius 2 is 2.11 bits per heavy atom. The first-order valence-electron chi connectivity index (χ1n) is 7.36. The van der Waals surface area contributed by atoms with Crippen LogP contribution in [0.4, 0.5) is 5.69 Å². The molecule has 19 heavy (non-hydrogen) atoms. The van der Waals surface area contributed by atoms with Crippen molar-refractivity contribution in [2.24, 2.45) is 0 Å². The second-order valence-electron chi connectivity index (χ2n) is 5.43. The normalized spacial score (nSPS) is 16.5. The molecule has 1 aromatic carbocycles. The van der Waals surface area contributed by atoms with E-state index in [1.165, 1.54) is 11.3 Å². The Kier molecular flexibility index (Phi) is 5.67. The van der Waals surface area contributed by atoms with Gasteiger partial charge < -0.3 is 15.0 Å². The fourth-order valence-electron chi connectivity index (χ4n) is 2.51. The van der Waals surface area contributed by atoms with Crippen LogP contribution in [-0.2, 0) is 4.74 Å². The number of anilines is 1. The lowest BCUT2D eigenvalue weighted by Crippen LogP contribution is -2.33. The van der Waals surface area contributed by atoms with Crippen LogP contribution in [-0.4, -0.2) is 39.4 Å². The van der Waals surface area contributed by atoms with Crippen LogP contribution in [0.15, 0.2) is 24.3 Å². The SMILES string of the molecule is Cc1cccc(N(C)CCCOC2CCNCC2)c1. The number of piperidine rings is 1. The summed E-state index contributed by atoms with van der Waals surface area (Å²) in [5.41, 5.74) is 2.61. The summed E-state index contributed by atoms with van der Waals surface area (Å²) in [5, 5.41) is 3.36. The van der Waals surface area contributed by atoms with Gasteiger partial charge in [-0.15, -0.1) is 0 Å². The fourth-order valence-corrected chi connectivity index (χ4v) is 2.51. The molecule has 1 heterocycles. The minimum atomic E-state index is 0.477. The summed E-state index contributed by atoms with van der Waals surface area (Å²) in [6, 6.07) is 8.65. The first-order chi connectivity index (χ1) is 9.25. The summed E-state index contributed by atoms with van der Waals surface area (Å²) >= 11 is 0. The van der Waals surface area contributed by atoms with Gasteiger partial charge in [0, 0.05) is 25.9 Å².